The molecule has 1 aromatic carbocycles. The van der Waals surface area contributed by atoms with Gasteiger partial charge in [0.15, 0.2) is 0 Å². The van der Waals surface area contributed by atoms with Crippen LogP contribution < -0.4 is 11.1 Å². The molecule has 34 heavy (non-hydrogen) atoms. The molecule has 1 heterocycles. The van der Waals surface area contributed by atoms with Gasteiger partial charge in [-0.2, -0.15) is 13.2 Å². The molecule has 0 bridgehead atoms. The van der Waals surface area contributed by atoms with Gasteiger partial charge in [-0.05, 0) is 62.7 Å². The summed E-state index contributed by atoms with van der Waals surface area (Å²) < 4.78 is 55.6. The summed E-state index contributed by atoms with van der Waals surface area (Å²) in [7, 11) is 3.57. The van der Waals surface area contributed by atoms with Gasteiger partial charge in [-0.25, -0.2) is 4.39 Å². The Kier molecular flexibility index (Phi) is 7.60. The molecule has 3 N–H and O–H groups in total. The van der Waals surface area contributed by atoms with E-state index < -0.39 is 35.1 Å². The molecule has 0 spiro atoms. The molecule has 1 aromatic heterocycles. The normalized spacial score (nSPS) is 16.7. The Hall–Kier alpha value is -3.01. The van der Waals surface area contributed by atoms with E-state index in [9.17, 15) is 27.2 Å². The number of nitrogens with zero attached hydrogens (tertiary/aromatic N) is 2. The predicted octanol–water partition coefficient (Wildman–Crippen LogP) is 3.42. The highest BCUT2D eigenvalue weighted by Gasteiger charge is 2.67. The molecular formula is C24H28F4N4O2. The first kappa shape index (κ1) is 25.6. The number of carbonyl (C=O) groups excluding carboxylic acids is 2. The van der Waals surface area contributed by atoms with Crippen molar-refractivity contribution >= 4 is 11.8 Å². The van der Waals surface area contributed by atoms with Gasteiger partial charge in [0.05, 0.1) is 11.0 Å². The molecule has 6 nitrogen and oxygen atoms in total. The summed E-state index contributed by atoms with van der Waals surface area (Å²) in [5.41, 5.74) is 4.00. The van der Waals surface area contributed by atoms with Gasteiger partial charge in [0, 0.05) is 37.3 Å². The van der Waals surface area contributed by atoms with Crippen LogP contribution in [0.25, 0.3) is 0 Å². The largest absolute Gasteiger partial charge is 0.395 e. The van der Waals surface area contributed by atoms with Crippen LogP contribution in [0.4, 0.5) is 17.6 Å². The first-order valence-corrected chi connectivity index (χ1v) is 10.9. The lowest BCUT2D eigenvalue weighted by atomic mass is 9.80. The molecule has 10 heteroatoms. The number of likely N-dealkylation sites (N-methyl/N-ethyl adjacent to an activating group) is 1. The Morgan fingerprint density at radius 3 is 2.44 bits per heavy atom. The number of primary amides is 1. The van der Waals surface area contributed by atoms with E-state index in [2.05, 4.69) is 10.3 Å². The Morgan fingerprint density at radius 1 is 1.24 bits per heavy atom. The van der Waals surface area contributed by atoms with E-state index in [1.807, 2.05) is 4.90 Å². The number of hydrogen-bond acceptors (Lipinski definition) is 4. The number of pyridine rings is 1. The molecule has 3 rings (SSSR count). The van der Waals surface area contributed by atoms with Crippen LogP contribution in [-0.2, 0) is 11.2 Å². The van der Waals surface area contributed by atoms with Crippen molar-refractivity contribution in [2.75, 3.05) is 20.6 Å². The quantitative estimate of drug-likeness (QED) is 0.510. The maximum atomic E-state index is 14.1. The highest BCUT2D eigenvalue weighted by Crippen LogP contribution is 2.66. The van der Waals surface area contributed by atoms with Gasteiger partial charge < -0.3 is 16.0 Å². The summed E-state index contributed by atoms with van der Waals surface area (Å²) in [6, 6.07) is 7.00. The van der Waals surface area contributed by atoms with Crippen molar-refractivity contribution in [2.24, 2.45) is 11.1 Å². The fraction of sp³-hybridized carbons (Fsp3) is 0.458. The summed E-state index contributed by atoms with van der Waals surface area (Å²) in [6.07, 6.45) is -1.55. The molecule has 0 saturated heterocycles. The number of halogens is 4. The molecular weight excluding hydrogens is 452 g/mol. The fourth-order valence-electron chi connectivity index (χ4n) is 4.26. The van der Waals surface area contributed by atoms with Crippen LogP contribution in [0.2, 0.25) is 0 Å². The third-order valence-electron chi connectivity index (χ3n) is 6.53. The second-order valence-electron chi connectivity index (χ2n) is 9.00. The molecule has 1 fully saturated rings. The highest BCUT2D eigenvalue weighted by atomic mass is 19.4. The van der Waals surface area contributed by atoms with Gasteiger partial charge >= 0.3 is 6.18 Å². The highest BCUT2D eigenvalue weighted by molar-refractivity contribution is 5.93. The molecule has 184 valence electrons. The summed E-state index contributed by atoms with van der Waals surface area (Å²) in [4.78, 5) is 29.7. The topological polar surface area (TPSA) is 88.3 Å². The summed E-state index contributed by atoms with van der Waals surface area (Å²) in [6.45, 7) is 0.157. The van der Waals surface area contributed by atoms with E-state index in [1.54, 1.807) is 32.3 Å². The number of aromatic nitrogens is 1. The minimum absolute atomic E-state index is 0.0173. The number of benzene rings is 1. The van der Waals surface area contributed by atoms with Crippen molar-refractivity contribution in [3.8, 4) is 0 Å². The average Bonchev–Trinajstić information content (AvgIpc) is 3.57. The number of alkyl halides is 3. The minimum atomic E-state index is -4.42. The molecule has 2 unspecified atom stereocenters. The monoisotopic (exact) mass is 480 g/mol. The maximum absolute atomic E-state index is 14.1. The van der Waals surface area contributed by atoms with Crippen LogP contribution in [0.3, 0.4) is 0 Å². The van der Waals surface area contributed by atoms with E-state index in [4.69, 9.17) is 5.73 Å². The van der Waals surface area contributed by atoms with Crippen molar-refractivity contribution in [2.45, 2.75) is 43.8 Å². The lowest BCUT2D eigenvalue weighted by Gasteiger charge is -2.30. The van der Waals surface area contributed by atoms with Crippen molar-refractivity contribution in [1.29, 1.82) is 0 Å². The van der Waals surface area contributed by atoms with Crippen molar-refractivity contribution in [1.82, 2.24) is 15.2 Å². The second kappa shape index (κ2) is 10.1. The van der Waals surface area contributed by atoms with Crippen molar-refractivity contribution < 1.29 is 27.2 Å². The van der Waals surface area contributed by atoms with Crippen LogP contribution in [0, 0.1) is 11.2 Å². The van der Waals surface area contributed by atoms with Gasteiger partial charge in [-0.15, -0.1) is 0 Å². The SMILES string of the molecule is CN(C)C(CNC(=O)CC(c1cccnc1)C1(C(F)(F)F)CC1)Cc1ccc(C(N)=O)c(F)c1. The minimum Gasteiger partial charge on any atom is -0.366 e. The molecule has 1 aliphatic carbocycles. The molecule has 2 aromatic rings. The van der Waals surface area contributed by atoms with Gasteiger partial charge in [-0.1, -0.05) is 12.1 Å². The Bertz CT molecular complexity index is 1020. The third kappa shape index (κ3) is 5.72. The molecule has 2 amide bonds. The van der Waals surface area contributed by atoms with Crippen molar-refractivity contribution in [3.05, 3.63) is 65.2 Å². The molecule has 1 aliphatic rings. The molecule has 2 atom stereocenters. The Morgan fingerprint density at radius 2 is 1.94 bits per heavy atom. The number of amides is 2. The Balaban J connectivity index is 1.68. The summed E-state index contributed by atoms with van der Waals surface area (Å²) >= 11 is 0. The molecule has 0 aliphatic heterocycles. The molecule has 0 radical (unpaired) electrons. The number of nitrogens with one attached hydrogen (secondary N) is 1. The number of carbonyl (C=O) groups is 2. The van der Waals surface area contributed by atoms with Gasteiger partial charge in [0.1, 0.15) is 5.82 Å². The van der Waals surface area contributed by atoms with Crippen LogP contribution in [-0.4, -0.2) is 54.6 Å². The number of hydrogen-bond donors (Lipinski definition) is 2. The zero-order chi connectivity index (χ0) is 25.1. The smallest absolute Gasteiger partial charge is 0.366 e. The zero-order valence-corrected chi connectivity index (χ0v) is 19.0. The zero-order valence-electron chi connectivity index (χ0n) is 19.0. The fourth-order valence-corrected chi connectivity index (χ4v) is 4.26. The second-order valence-corrected chi connectivity index (χ2v) is 9.00. The van der Waals surface area contributed by atoms with Gasteiger partial charge in [-0.3, -0.25) is 14.6 Å². The van der Waals surface area contributed by atoms with Crippen molar-refractivity contribution in [3.63, 3.8) is 0 Å². The first-order chi connectivity index (χ1) is 15.9. The standard InChI is InChI=1S/C24H28F4N4O2/c1-32(2)17(10-15-5-6-18(22(29)34)20(25)11-15)14-31-21(33)12-19(16-4-3-9-30-13-16)23(7-8-23)24(26,27)28/h3-6,9,11,13,17,19H,7-8,10,12,14H2,1-2H3,(H2,29,34)(H,31,33). The van der Waals surface area contributed by atoms with Crippen LogP contribution in [0.1, 0.15) is 46.7 Å². The average molecular weight is 481 g/mol. The summed E-state index contributed by atoms with van der Waals surface area (Å²) in [5, 5.41) is 2.74. The lowest BCUT2D eigenvalue weighted by molar-refractivity contribution is -0.194. The van der Waals surface area contributed by atoms with E-state index in [0.717, 1.165) is 0 Å². The molecule has 1 saturated carbocycles. The summed E-state index contributed by atoms with van der Waals surface area (Å²) in [5.74, 6) is -3.11. The first-order valence-electron chi connectivity index (χ1n) is 10.9. The van der Waals surface area contributed by atoms with Crippen LogP contribution in [0.15, 0.2) is 42.7 Å². The van der Waals surface area contributed by atoms with Crippen LogP contribution in [0.5, 0.6) is 0 Å². The lowest BCUT2D eigenvalue weighted by Crippen LogP contribution is -2.42. The van der Waals surface area contributed by atoms with E-state index in [0.29, 0.717) is 17.5 Å². The third-order valence-corrected chi connectivity index (χ3v) is 6.53. The number of rotatable bonds is 10. The van der Waals surface area contributed by atoms with E-state index in [-0.39, 0.29) is 37.4 Å². The maximum Gasteiger partial charge on any atom is 0.395 e. The van der Waals surface area contributed by atoms with E-state index in [1.165, 1.54) is 24.5 Å². The number of nitrogens with two attached hydrogens (primary N) is 1. The van der Waals surface area contributed by atoms with Crippen LogP contribution >= 0.6 is 0 Å². The van der Waals surface area contributed by atoms with Gasteiger partial charge in [0.2, 0.25) is 5.91 Å². The van der Waals surface area contributed by atoms with Gasteiger partial charge in [0.25, 0.3) is 5.91 Å². The Labute approximate surface area is 195 Å². The predicted molar refractivity (Wildman–Crippen MR) is 118 cm³/mol. The van der Waals surface area contributed by atoms with E-state index >= 15 is 0 Å².